The Kier molecular flexibility index (Phi) is 3.51. The molecule has 0 unspecified atom stereocenters. The first-order valence-electron chi connectivity index (χ1n) is 5.43. The van der Waals surface area contributed by atoms with Gasteiger partial charge in [-0.25, -0.2) is 0 Å². The fraction of sp³-hybridized carbons (Fsp3) is 0.818. The number of ether oxygens (including phenoxy) is 1. The summed E-state index contributed by atoms with van der Waals surface area (Å²) in [6, 6.07) is 0. The Morgan fingerprint density at radius 2 is 1.67 bits per heavy atom. The van der Waals surface area contributed by atoms with E-state index >= 15 is 0 Å². The highest BCUT2D eigenvalue weighted by Crippen LogP contribution is 2.38. The molecule has 0 saturated carbocycles. The van der Waals surface area contributed by atoms with Gasteiger partial charge >= 0.3 is 7.12 Å². The van der Waals surface area contributed by atoms with Crippen molar-refractivity contribution in [3.05, 3.63) is 11.7 Å². The summed E-state index contributed by atoms with van der Waals surface area (Å²) >= 11 is 0. The monoisotopic (exact) mass is 212 g/mol. The highest BCUT2D eigenvalue weighted by molar-refractivity contribution is 6.53. The second kappa shape index (κ2) is 4.18. The largest absolute Gasteiger partial charge is 0.531 e. The summed E-state index contributed by atoms with van der Waals surface area (Å²) in [5.74, 6) is 0. The van der Waals surface area contributed by atoms with Crippen LogP contribution in [-0.4, -0.2) is 25.4 Å². The molecular weight excluding hydrogens is 191 g/mol. The van der Waals surface area contributed by atoms with Gasteiger partial charge in [0, 0.05) is 0 Å². The van der Waals surface area contributed by atoms with E-state index in [0.29, 0.717) is 0 Å². The highest BCUT2D eigenvalue weighted by atomic mass is 16.7. The molecule has 1 aliphatic rings. The summed E-state index contributed by atoms with van der Waals surface area (Å²) < 4.78 is 17.0. The molecule has 1 saturated heterocycles. The van der Waals surface area contributed by atoms with Gasteiger partial charge in [-0.3, -0.25) is 0 Å². The first-order chi connectivity index (χ1) is 6.84. The van der Waals surface area contributed by atoms with Gasteiger partial charge in [0.1, 0.15) is 5.66 Å². The molecule has 86 valence electrons. The van der Waals surface area contributed by atoms with Crippen LogP contribution in [0.2, 0.25) is 0 Å². The van der Waals surface area contributed by atoms with Gasteiger partial charge in [0.05, 0.1) is 18.3 Å². The predicted octanol–water partition coefficient (Wildman–Crippen LogP) is 2.56. The second-order valence-corrected chi connectivity index (χ2v) is 4.81. The van der Waals surface area contributed by atoms with Crippen molar-refractivity contribution in [2.75, 3.05) is 7.11 Å². The van der Waals surface area contributed by atoms with Gasteiger partial charge in [-0.2, -0.15) is 0 Å². The molecule has 1 fully saturated rings. The molecule has 1 aliphatic heterocycles. The lowest BCUT2D eigenvalue weighted by Crippen LogP contribution is -2.41. The maximum absolute atomic E-state index is 5.85. The third-order valence-electron chi connectivity index (χ3n) is 3.13. The Labute approximate surface area is 92.9 Å². The molecule has 0 aromatic carbocycles. The van der Waals surface area contributed by atoms with Crippen LogP contribution in [0.25, 0.3) is 0 Å². The van der Waals surface area contributed by atoms with Crippen LogP contribution in [0, 0.1) is 0 Å². The Hall–Kier alpha value is -0.475. The zero-order valence-corrected chi connectivity index (χ0v) is 10.6. The highest BCUT2D eigenvalue weighted by Gasteiger charge is 2.53. The van der Waals surface area contributed by atoms with Crippen LogP contribution < -0.4 is 0 Å². The minimum Gasteiger partial charge on any atom is -0.505 e. The molecule has 0 bridgehead atoms. The average Bonchev–Trinajstić information content (AvgIpc) is 2.32. The molecule has 4 heteroatoms. The maximum Gasteiger partial charge on any atom is 0.531 e. The summed E-state index contributed by atoms with van der Waals surface area (Å²) in [6.07, 6.45) is 2.90. The van der Waals surface area contributed by atoms with E-state index in [4.69, 9.17) is 14.0 Å². The standard InChI is InChI=1S/C11H21BO3/c1-7-8-9(13-6)12-14-10(2,3)11(4,5)15-12/h8H,7H2,1-6H3/b9-8-. The summed E-state index contributed by atoms with van der Waals surface area (Å²) in [5, 5.41) is 0. The van der Waals surface area contributed by atoms with Crippen molar-refractivity contribution in [1.29, 1.82) is 0 Å². The lowest BCUT2D eigenvalue weighted by Gasteiger charge is -2.32. The maximum atomic E-state index is 5.85. The normalized spacial score (nSPS) is 24.4. The first-order valence-corrected chi connectivity index (χ1v) is 5.43. The van der Waals surface area contributed by atoms with Crippen LogP contribution in [0.5, 0.6) is 0 Å². The van der Waals surface area contributed by atoms with E-state index < -0.39 is 0 Å². The second-order valence-electron chi connectivity index (χ2n) is 4.81. The molecule has 0 N–H and O–H groups in total. The number of hydrogen-bond donors (Lipinski definition) is 0. The smallest absolute Gasteiger partial charge is 0.505 e. The Balaban J connectivity index is 2.82. The molecule has 0 atom stereocenters. The molecule has 1 rings (SSSR count). The van der Waals surface area contributed by atoms with Crippen LogP contribution in [0.4, 0.5) is 0 Å². The van der Waals surface area contributed by atoms with Crippen LogP contribution in [-0.2, 0) is 14.0 Å². The Bertz CT molecular complexity index is 243. The van der Waals surface area contributed by atoms with Crippen LogP contribution in [0.1, 0.15) is 41.0 Å². The van der Waals surface area contributed by atoms with Gasteiger partial charge in [0.15, 0.2) is 0 Å². The van der Waals surface area contributed by atoms with Crippen molar-refractivity contribution < 1.29 is 14.0 Å². The molecule has 15 heavy (non-hydrogen) atoms. The Morgan fingerprint density at radius 1 is 1.20 bits per heavy atom. The van der Waals surface area contributed by atoms with Gasteiger partial charge in [-0.05, 0) is 34.1 Å². The molecular formula is C11H21BO3. The van der Waals surface area contributed by atoms with E-state index in [1.54, 1.807) is 7.11 Å². The van der Waals surface area contributed by atoms with Gasteiger partial charge in [-0.1, -0.05) is 13.0 Å². The topological polar surface area (TPSA) is 27.7 Å². The predicted molar refractivity (Wildman–Crippen MR) is 61.5 cm³/mol. The van der Waals surface area contributed by atoms with Crippen LogP contribution in [0.15, 0.2) is 11.7 Å². The fourth-order valence-electron chi connectivity index (χ4n) is 1.44. The summed E-state index contributed by atoms with van der Waals surface area (Å²) in [5.41, 5.74) is 0.155. The van der Waals surface area contributed by atoms with Crippen molar-refractivity contribution in [3.8, 4) is 0 Å². The number of methoxy groups -OCH3 is 1. The van der Waals surface area contributed by atoms with Gasteiger partial charge in [-0.15, -0.1) is 0 Å². The minimum absolute atomic E-state index is 0.303. The van der Waals surface area contributed by atoms with E-state index in [-0.39, 0.29) is 18.3 Å². The SMILES string of the molecule is CC/C=C(\OC)B1OC(C)(C)C(C)(C)O1. The molecule has 0 spiro atoms. The van der Waals surface area contributed by atoms with Crippen molar-refractivity contribution in [2.45, 2.75) is 52.2 Å². The van der Waals surface area contributed by atoms with Crippen LogP contribution >= 0.6 is 0 Å². The van der Waals surface area contributed by atoms with E-state index in [0.717, 1.165) is 12.1 Å². The lowest BCUT2D eigenvalue weighted by molar-refractivity contribution is 0.00578. The van der Waals surface area contributed by atoms with Crippen molar-refractivity contribution in [3.63, 3.8) is 0 Å². The number of rotatable bonds is 3. The summed E-state index contributed by atoms with van der Waals surface area (Å²) in [6.45, 7) is 10.2. The number of hydrogen-bond acceptors (Lipinski definition) is 3. The van der Waals surface area contributed by atoms with Crippen molar-refractivity contribution >= 4 is 7.12 Å². The molecule has 3 nitrogen and oxygen atoms in total. The van der Waals surface area contributed by atoms with Crippen molar-refractivity contribution in [1.82, 2.24) is 0 Å². The third kappa shape index (κ3) is 2.37. The van der Waals surface area contributed by atoms with Crippen LogP contribution in [0.3, 0.4) is 0 Å². The zero-order chi connectivity index (χ0) is 11.7. The van der Waals surface area contributed by atoms with Gasteiger partial charge < -0.3 is 14.0 Å². The molecule has 0 amide bonds. The molecule has 0 aromatic rings. The van der Waals surface area contributed by atoms with Gasteiger partial charge in [0.2, 0.25) is 0 Å². The quantitative estimate of drug-likeness (QED) is 0.531. The van der Waals surface area contributed by atoms with E-state index in [1.807, 2.05) is 33.8 Å². The third-order valence-corrected chi connectivity index (χ3v) is 3.13. The molecule has 1 heterocycles. The van der Waals surface area contributed by atoms with E-state index in [1.165, 1.54) is 0 Å². The summed E-state index contributed by atoms with van der Waals surface area (Å²) in [4.78, 5) is 0. The average molecular weight is 212 g/mol. The lowest BCUT2D eigenvalue weighted by atomic mass is 9.86. The zero-order valence-electron chi connectivity index (χ0n) is 10.6. The van der Waals surface area contributed by atoms with E-state index in [9.17, 15) is 0 Å². The summed E-state index contributed by atoms with van der Waals surface area (Å²) in [7, 11) is 1.27. The minimum atomic E-state index is -0.375. The van der Waals surface area contributed by atoms with Crippen molar-refractivity contribution in [2.24, 2.45) is 0 Å². The molecule has 0 aliphatic carbocycles. The van der Waals surface area contributed by atoms with Gasteiger partial charge in [0.25, 0.3) is 0 Å². The molecule has 0 aromatic heterocycles. The fourth-order valence-corrected chi connectivity index (χ4v) is 1.44. The molecule has 0 radical (unpaired) electrons. The van der Waals surface area contributed by atoms with E-state index in [2.05, 4.69) is 6.92 Å². The first kappa shape index (κ1) is 12.6. The Morgan fingerprint density at radius 3 is 2.00 bits per heavy atom. The number of allylic oxidation sites excluding steroid dienone is 1.